The average molecular weight is 404 g/mol. The largest absolute Gasteiger partial charge is 0.423 e. The second-order valence-electron chi connectivity index (χ2n) is 7.70. The molecular weight excluding hydrogens is 388 g/mol. The Morgan fingerprint density at radius 3 is 2.03 bits per heavy atom. The molecule has 8 nitrogen and oxygen atoms in total. The molecule has 3 aliphatic rings. The fourth-order valence-electron chi connectivity index (χ4n) is 4.71. The van der Waals surface area contributed by atoms with Crippen LogP contribution in [0.4, 0.5) is 11.4 Å². The van der Waals surface area contributed by atoms with E-state index in [0.29, 0.717) is 5.69 Å². The Morgan fingerprint density at radius 2 is 1.50 bits per heavy atom. The molecule has 0 radical (unpaired) electrons. The van der Waals surface area contributed by atoms with Gasteiger partial charge in [-0.3, -0.25) is 24.6 Å². The number of imide groups is 1. The van der Waals surface area contributed by atoms with Crippen LogP contribution in [0.25, 0.3) is 0 Å². The van der Waals surface area contributed by atoms with Crippen LogP contribution < -0.4 is 9.64 Å². The molecule has 1 saturated heterocycles. The van der Waals surface area contributed by atoms with Crippen molar-refractivity contribution < 1.29 is 24.0 Å². The topological polar surface area (TPSA) is 107 Å². The third-order valence-electron chi connectivity index (χ3n) is 6.09. The van der Waals surface area contributed by atoms with E-state index in [1.54, 1.807) is 12.1 Å². The number of esters is 1. The molecule has 0 unspecified atom stereocenters. The van der Waals surface area contributed by atoms with E-state index in [1.165, 1.54) is 41.3 Å². The molecule has 2 aromatic rings. The molecule has 1 saturated carbocycles. The van der Waals surface area contributed by atoms with Crippen LogP contribution in [0.15, 0.2) is 60.7 Å². The monoisotopic (exact) mass is 404 g/mol. The lowest BCUT2D eigenvalue weighted by molar-refractivity contribution is -0.384. The van der Waals surface area contributed by atoms with E-state index in [0.717, 1.165) is 6.42 Å². The summed E-state index contributed by atoms with van der Waals surface area (Å²) in [5.74, 6) is -1.11. The van der Waals surface area contributed by atoms with Gasteiger partial charge in [-0.2, -0.15) is 0 Å². The van der Waals surface area contributed by atoms with Crippen molar-refractivity contribution in [2.24, 2.45) is 23.7 Å². The van der Waals surface area contributed by atoms with Crippen molar-refractivity contribution in [3.63, 3.8) is 0 Å². The first-order valence-corrected chi connectivity index (χ1v) is 9.57. The van der Waals surface area contributed by atoms with Crippen molar-refractivity contribution in [2.75, 3.05) is 4.90 Å². The van der Waals surface area contributed by atoms with Crippen molar-refractivity contribution in [2.45, 2.75) is 6.42 Å². The molecule has 8 heteroatoms. The number of hydrogen-bond acceptors (Lipinski definition) is 6. The van der Waals surface area contributed by atoms with Gasteiger partial charge < -0.3 is 4.74 Å². The number of hydrogen-bond donors (Lipinski definition) is 0. The lowest BCUT2D eigenvalue weighted by Crippen LogP contribution is -2.32. The van der Waals surface area contributed by atoms with E-state index >= 15 is 0 Å². The Morgan fingerprint density at radius 1 is 0.933 bits per heavy atom. The van der Waals surface area contributed by atoms with Crippen LogP contribution in [0.2, 0.25) is 0 Å². The molecule has 1 heterocycles. The smallest absolute Gasteiger partial charge is 0.343 e. The number of nitro benzene ring substituents is 1. The predicted molar refractivity (Wildman–Crippen MR) is 105 cm³/mol. The van der Waals surface area contributed by atoms with E-state index in [9.17, 15) is 24.5 Å². The lowest BCUT2D eigenvalue weighted by Gasteiger charge is -2.17. The van der Waals surface area contributed by atoms with Gasteiger partial charge >= 0.3 is 5.97 Å². The second-order valence-corrected chi connectivity index (χ2v) is 7.70. The quantitative estimate of drug-likeness (QED) is 0.194. The highest BCUT2D eigenvalue weighted by atomic mass is 16.6. The van der Waals surface area contributed by atoms with Crippen molar-refractivity contribution in [1.82, 2.24) is 0 Å². The molecule has 2 fully saturated rings. The summed E-state index contributed by atoms with van der Waals surface area (Å²) >= 11 is 0. The number of carbonyl (C=O) groups is 3. The van der Waals surface area contributed by atoms with E-state index < -0.39 is 10.9 Å². The molecule has 4 atom stereocenters. The summed E-state index contributed by atoms with van der Waals surface area (Å²) in [6, 6.07) is 11.3. The number of allylic oxidation sites excluding steroid dienone is 2. The van der Waals surface area contributed by atoms with Crippen LogP contribution in [-0.4, -0.2) is 22.7 Å². The van der Waals surface area contributed by atoms with Crippen molar-refractivity contribution >= 4 is 29.2 Å². The number of carbonyl (C=O) groups excluding carboxylic acids is 3. The summed E-state index contributed by atoms with van der Waals surface area (Å²) in [5, 5.41) is 10.7. The molecule has 30 heavy (non-hydrogen) atoms. The minimum absolute atomic E-state index is 0.104. The standard InChI is InChI=1S/C22H16N2O6/c25-20-18-13-1-2-14(11-13)19(18)21(26)23(20)15-5-3-12(4-6-15)22(27)30-17-9-7-16(8-10-17)24(28)29/h1-10,13-14,18-19H,11H2/t13-,14-,18+,19+/m0/s1. The molecule has 0 aromatic heterocycles. The molecule has 0 N–H and O–H groups in total. The molecular formula is C22H16N2O6. The van der Waals surface area contributed by atoms with Gasteiger partial charge in [0, 0.05) is 12.1 Å². The van der Waals surface area contributed by atoms with Gasteiger partial charge in [0.2, 0.25) is 11.8 Å². The number of nitrogens with zero attached hydrogens (tertiary/aromatic N) is 2. The minimum Gasteiger partial charge on any atom is -0.423 e. The highest BCUT2D eigenvalue weighted by Gasteiger charge is 2.59. The van der Waals surface area contributed by atoms with Gasteiger partial charge in [0.1, 0.15) is 5.75 Å². The average Bonchev–Trinajstić information content (AvgIpc) is 3.42. The van der Waals surface area contributed by atoms with Gasteiger partial charge in [-0.05, 0) is 54.7 Å². The number of ether oxygens (including phenoxy) is 1. The zero-order valence-corrected chi connectivity index (χ0v) is 15.6. The number of rotatable bonds is 4. The van der Waals surface area contributed by atoms with Gasteiger partial charge in [0.05, 0.1) is 28.0 Å². The number of nitro groups is 1. The molecule has 0 spiro atoms. The van der Waals surface area contributed by atoms with Crippen molar-refractivity contribution in [3.05, 3.63) is 76.4 Å². The normalized spacial score (nSPS) is 26.2. The third-order valence-corrected chi connectivity index (χ3v) is 6.09. The molecule has 2 aliphatic carbocycles. The summed E-state index contributed by atoms with van der Waals surface area (Å²) in [6.07, 6.45) is 4.95. The Balaban J connectivity index is 1.31. The molecule has 2 amide bonds. The zero-order valence-electron chi connectivity index (χ0n) is 15.6. The molecule has 150 valence electrons. The predicted octanol–water partition coefficient (Wildman–Crippen LogP) is 3.13. The number of anilines is 1. The van der Waals surface area contributed by atoms with Crippen LogP contribution in [0.1, 0.15) is 16.8 Å². The number of amides is 2. The van der Waals surface area contributed by atoms with Crippen molar-refractivity contribution in [3.8, 4) is 5.75 Å². The van der Waals surface area contributed by atoms with Gasteiger partial charge in [-0.15, -0.1) is 0 Å². The Labute approximate surface area is 170 Å². The van der Waals surface area contributed by atoms with E-state index in [2.05, 4.69) is 0 Å². The van der Waals surface area contributed by atoms with Gasteiger partial charge in [0.15, 0.2) is 0 Å². The Hall–Kier alpha value is -3.81. The third kappa shape index (κ3) is 2.72. The highest BCUT2D eigenvalue weighted by Crippen LogP contribution is 2.53. The molecule has 1 aliphatic heterocycles. The molecule has 2 bridgehead atoms. The van der Waals surface area contributed by atoms with Crippen LogP contribution in [0.5, 0.6) is 5.75 Å². The Kier molecular flexibility index (Phi) is 4.02. The van der Waals surface area contributed by atoms with Gasteiger partial charge in [-0.1, -0.05) is 12.2 Å². The maximum absolute atomic E-state index is 12.9. The molecule has 5 rings (SSSR count). The van der Waals surface area contributed by atoms with Crippen LogP contribution >= 0.6 is 0 Å². The SMILES string of the molecule is O=C(Oc1ccc([N+](=O)[O-])cc1)c1ccc(N2C(=O)[C@H]3[C@H](C2=O)[C@H]2C=C[C@H]3C2)cc1. The van der Waals surface area contributed by atoms with E-state index in [-0.39, 0.29) is 52.5 Å². The van der Waals surface area contributed by atoms with Crippen LogP contribution in [0, 0.1) is 33.8 Å². The van der Waals surface area contributed by atoms with Crippen LogP contribution in [-0.2, 0) is 9.59 Å². The fourth-order valence-corrected chi connectivity index (χ4v) is 4.71. The fraction of sp³-hybridized carbons (Fsp3) is 0.227. The number of benzene rings is 2. The first kappa shape index (κ1) is 18.2. The summed E-state index contributed by atoms with van der Waals surface area (Å²) in [6.45, 7) is 0. The van der Waals surface area contributed by atoms with E-state index in [4.69, 9.17) is 4.74 Å². The Bertz CT molecular complexity index is 1080. The van der Waals surface area contributed by atoms with Gasteiger partial charge in [-0.25, -0.2) is 4.79 Å². The first-order valence-electron chi connectivity index (χ1n) is 9.57. The minimum atomic E-state index is -0.645. The maximum atomic E-state index is 12.9. The summed E-state index contributed by atoms with van der Waals surface area (Å²) < 4.78 is 5.22. The lowest BCUT2D eigenvalue weighted by atomic mass is 9.85. The number of non-ortho nitro benzene ring substituents is 1. The summed E-state index contributed by atoms with van der Waals surface area (Å²) in [7, 11) is 0. The highest BCUT2D eigenvalue weighted by molar-refractivity contribution is 6.22. The second kappa shape index (κ2) is 6.62. The van der Waals surface area contributed by atoms with Gasteiger partial charge in [0.25, 0.3) is 5.69 Å². The maximum Gasteiger partial charge on any atom is 0.343 e. The summed E-state index contributed by atoms with van der Waals surface area (Å²) in [5.41, 5.74) is 0.566. The molecule has 2 aromatic carbocycles. The van der Waals surface area contributed by atoms with Crippen LogP contribution in [0.3, 0.4) is 0 Å². The first-order chi connectivity index (χ1) is 14.4. The zero-order chi connectivity index (χ0) is 21.0. The van der Waals surface area contributed by atoms with E-state index in [1.807, 2.05) is 12.2 Å². The van der Waals surface area contributed by atoms with Crippen molar-refractivity contribution in [1.29, 1.82) is 0 Å². The number of fused-ring (bicyclic) bond motifs is 5. The summed E-state index contributed by atoms with van der Waals surface area (Å²) in [4.78, 5) is 49.4.